The summed E-state index contributed by atoms with van der Waals surface area (Å²) < 4.78 is 11.3. The van der Waals surface area contributed by atoms with E-state index in [1.807, 2.05) is 24.3 Å². The molecule has 6 nitrogen and oxygen atoms in total. The van der Waals surface area contributed by atoms with Gasteiger partial charge in [0.15, 0.2) is 0 Å². The summed E-state index contributed by atoms with van der Waals surface area (Å²) in [4.78, 5) is 11.7. The lowest BCUT2D eigenvalue weighted by atomic mass is 9.99. The number of rotatable bonds is 6. The minimum Gasteiger partial charge on any atom is -0.476 e. The van der Waals surface area contributed by atoms with E-state index in [9.17, 15) is 0 Å². The molecule has 0 bridgehead atoms. The van der Waals surface area contributed by atoms with Gasteiger partial charge < -0.3 is 15.2 Å². The number of aromatic nitrogens is 2. The van der Waals surface area contributed by atoms with Crippen molar-refractivity contribution < 1.29 is 9.47 Å². The van der Waals surface area contributed by atoms with Crippen molar-refractivity contribution in [3.63, 3.8) is 0 Å². The highest BCUT2D eigenvalue weighted by molar-refractivity contribution is 5.94. The van der Waals surface area contributed by atoms with Crippen molar-refractivity contribution in [3.05, 3.63) is 48.2 Å². The molecule has 0 amide bonds. The first kappa shape index (κ1) is 24.2. The quantitative estimate of drug-likeness (QED) is 0.611. The zero-order chi connectivity index (χ0) is 19.3. The first-order valence-corrected chi connectivity index (χ1v) is 9.83. The van der Waals surface area contributed by atoms with Crippen molar-refractivity contribution in [2.24, 2.45) is 0 Å². The SMILES string of the molecule is CCc1nc(N)ccc1-c1cccc2ccc(OCCN3CCOCC3)nc12.Cl.Cl. The van der Waals surface area contributed by atoms with Gasteiger partial charge in [-0.3, -0.25) is 4.90 Å². The Morgan fingerprint density at radius 1 is 1.00 bits per heavy atom. The summed E-state index contributed by atoms with van der Waals surface area (Å²) in [5.41, 5.74) is 9.90. The summed E-state index contributed by atoms with van der Waals surface area (Å²) in [6.45, 7) is 7.10. The molecule has 2 aromatic heterocycles. The number of nitrogen functional groups attached to an aromatic ring is 1. The van der Waals surface area contributed by atoms with Crippen molar-refractivity contribution in [3.8, 4) is 17.0 Å². The van der Waals surface area contributed by atoms with E-state index in [0.29, 0.717) is 18.3 Å². The van der Waals surface area contributed by atoms with Gasteiger partial charge in [0.2, 0.25) is 5.88 Å². The molecule has 3 heterocycles. The molecule has 0 spiro atoms. The van der Waals surface area contributed by atoms with Gasteiger partial charge in [0.1, 0.15) is 12.4 Å². The van der Waals surface area contributed by atoms with Gasteiger partial charge in [0, 0.05) is 42.2 Å². The Hall–Kier alpha value is -2.12. The zero-order valence-electron chi connectivity index (χ0n) is 17.0. The Labute approximate surface area is 189 Å². The van der Waals surface area contributed by atoms with Gasteiger partial charge in [0.25, 0.3) is 0 Å². The van der Waals surface area contributed by atoms with Gasteiger partial charge in [0.05, 0.1) is 24.4 Å². The lowest BCUT2D eigenvalue weighted by Gasteiger charge is -2.26. The van der Waals surface area contributed by atoms with Crippen LogP contribution in [0, 0.1) is 0 Å². The van der Waals surface area contributed by atoms with Crippen LogP contribution in [-0.2, 0) is 11.2 Å². The van der Waals surface area contributed by atoms with Crippen molar-refractivity contribution in [1.82, 2.24) is 14.9 Å². The number of para-hydroxylation sites is 1. The highest BCUT2D eigenvalue weighted by Gasteiger charge is 2.13. The number of hydrogen-bond donors (Lipinski definition) is 1. The Morgan fingerprint density at radius 3 is 2.57 bits per heavy atom. The molecule has 1 aliphatic heterocycles. The zero-order valence-corrected chi connectivity index (χ0v) is 18.7. The van der Waals surface area contributed by atoms with Crippen LogP contribution < -0.4 is 10.5 Å². The predicted octanol–water partition coefficient (Wildman–Crippen LogP) is 4.00. The number of halogens is 2. The van der Waals surface area contributed by atoms with E-state index in [2.05, 4.69) is 35.0 Å². The van der Waals surface area contributed by atoms with Crippen molar-refractivity contribution in [2.45, 2.75) is 13.3 Å². The second kappa shape index (κ2) is 11.3. The van der Waals surface area contributed by atoms with Crippen LogP contribution in [0.3, 0.4) is 0 Å². The monoisotopic (exact) mass is 450 g/mol. The van der Waals surface area contributed by atoms with E-state index in [4.69, 9.17) is 20.2 Å². The maximum absolute atomic E-state index is 5.95. The molecule has 4 rings (SSSR count). The molecule has 3 aromatic rings. The molecule has 1 saturated heterocycles. The summed E-state index contributed by atoms with van der Waals surface area (Å²) >= 11 is 0. The van der Waals surface area contributed by atoms with E-state index in [-0.39, 0.29) is 24.8 Å². The smallest absolute Gasteiger partial charge is 0.213 e. The Morgan fingerprint density at radius 2 is 1.80 bits per heavy atom. The molecule has 1 fully saturated rings. The second-order valence-corrected chi connectivity index (χ2v) is 6.91. The summed E-state index contributed by atoms with van der Waals surface area (Å²) in [7, 11) is 0. The minimum atomic E-state index is 0. The largest absolute Gasteiger partial charge is 0.476 e. The fourth-order valence-electron chi connectivity index (χ4n) is 3.56. The molecule has 0 aliphatic carbocycles. The maximum atomic E-state index is 5.95. The number of benzene rings is 1. The highest BCUT2D eigenvalue weighted by atomic mass is 35.5. The number of hydrogen-bond acceptors (Lipinski definition) is 6. The van der Waals surface area contributed by atoms with Gasteiger partial charge in [-0.05, 0) is 24.6 Å². The van der Waals surface area contributed by atoms with Crippen molar-refractivity contribution in [2.75, 3.05) is 45.2 Å². The molecule has 30 heavy (non-hydrogen) atoms. The molecule has 8 heteroatoms. The molecule has 0 atom stereocenters. The van der Waals surface area contributed by atoms with Crippen LogP contribution in [0.1, 0.15) is 12.6 Å². The van der Waals surface area contributed by atoms with E-state index < -0.39 is 0 Å². The standard InChI is InChI=1S/C22H26N4O2.2ClH/c1-2-19-17(7-8-20(23)24-19)18-5-3-4-16-6-9-21(25-22(16)18)28-15-12-26-10-13-27-14-11-26;;/h3-9H,2,10-15H2,1H3,(H2,23,24);2*1H. The normalized spacial score (nSPS) is 14.0. The van der Waals surface area contributed by atoms with Gasteiger partial charge in [-0.15, -0.1) is 24.8 Å². The number of morpholine rings is 1. The molecule has 0 saturated carbocycles. The van der Waals surface area contributed by atoms with Crippen LogP contribution in [0.4, 0.5) is 5.82 Å². The highest BCUT2D eigenvalue weighted by Crippen LogP contribution is 2.31. The number of anilines is 1. The fraction of sp³-hybridized carbons (Fsp3) is 0.364. The third-order valence-corrected chi connectivity index (χ3v) is 5.08. The van der Waals surface area contributed by atoms with Crippen LogP contribution in [0.2, 0.25) is 0 Å². The van der Waals surface area contributed by atoms with E-state index in [1.165, 1.54) is 0 Å². The van der Waals surface area contributed by atoms with Crippen LogP contribution in [0.5, 0.6) is 5.88 Å². The van der Waals surface area contributed by atoms with Crippen LogP contribution in [0.25, 0.3) is 22.0 Å². The number of ether oxygens (including phenoxy) is 2. The lowest BCUT2D eigenvalue weighted by molar-refractivity contribution is 0.0320. The Bertz CT molecular complexity index is 965. The van der Waals surface area contributed by atoms with Crippen molar-refractivity contribution in [1.29, 1.82) is 0 Å². The van der Waals surface area contributed by atoms with Crippen LogP contribution >= 0.6 is 24.8 Å². The average molecular weight is 451 g/mol. The Kier molecular flexibility index (Phi) is 9.11. The predicted molar refractivity (Wildman–Crippen MR) is 126 cm³/mol. The van der Waals surface area contributed by atoms with E-state index in [0.717, 1.165) is 67.0 Å². The first-order chi connectivity index (χ1) is 13.7. The van der Waals surface area contributed by atoms with Crippen LogP contribution in [0.15, 0.2) is 42.5 Å². The molecule has 1 aliphatic rings. The Balaban J connectivity index is 0.00000160. The van der Waals surface area contributed by atoms with Crippen LogP contribution in [-0.4, -0.2) is 54.3 Å². The molecular weight excluding hydrogens is 423 g/mol. The average Bonchev–Trinajstić information content (AvgIpc) is 2.74. The molecule has 1 aromatic carbocycles. The van der Waals surface area contributed by atoms with Crippen molar-refractivity contribution >= 4 is 41.5 Å². The maximum Gasteiger partial charge on any atom is 0.213 e. The van der Waals surface area contributed by atoms with E-state index >= 15 is 0 Å². The molecule has 162 valence electrons. The fourth-order valence-corrected chi connectivity index (χ4v) is 3.56. The molecule has 0 unspecified atom stereocenters. The summed E-state index contributed by atoms with van der Waals surface area (Å²) in [5.74, 6) is 1.19. The third kappa shape index (κ3) is 5.52. The summed E-state index contributed by atoms with van der Waals surface area (Å²) in [5, 5.41) is 1.08. The van der Waals surface area contributed by atoms with Gasteiger partial charge >= 0.3 is 0 Å². The number of pyridine rings is 2. The third-order valence-electron chi connectivity index (χ3n) is 5.08. The molecule has 0 radical (unpaired) electrons. The number of aryl methyl sites for hydroxylation is 1. The van der Waals surface area contributed by atoms with Gasteiger partial charge in [-0.2, -0.15) is 0 Å². The summed E-state index contributed by atoms with van der Waals surface area (Å²) in [6.07, 6.45) is 0.812. The van der Waals surface area contributed by atoms with Gasteiger partial charge in [-0.1, -0.05) is 25.1 Å². The first-order valence-electron chi connectivity index (χ1n) is 9.83. The number of fused-ring (bicyclic) bond motifs is 1. The molecular formula is C22H28Cl2N4O2. The van der Waals surface area contributed by atoms with E-state index in [1.54, 1.807) is 0 Å². The molecule has 2 N–H and O–H groups in total. The minimum absolute atomic E-state index is 0. The number of nitrogens with zero attached hydrogens (tertiary/aromatic N) is 3. The second-order valence-electron chi connectivity index (χ2n) is 6.91. The summed E-state index contributed by atoms with van der Waals surface area (Å²) in [6, 6.07) is 14.1. The topological polar surface area (TPSA) is 73.5 Å². The van der Waals surface area contributed by atoms with Gasteiger partial charge in [-0.25, -0.2) is 9.97 Å². The lowest BCUT2D eigenvalue weighted by Crippen LogP contribution is -2.38. The number of nitrogens with two attached hydrogens (primary N) is 1.